The number of aliphatic imine (C=N–C) groups is 1. The van der Waals surface area contributed by atoms with Crippen LogP contribution in [0, 0.1) is 5.82 Å². The Morgan fingerprint density at radius 2 is 2.00 bits per heavy atom. The van der Waals surface area contributed by atoms with E-state index in [4.69, 9.17) is 0 Å². The first-order valence-corrected chi connectivity index (χ1v) is 7.65. The second-order valence-corrected chi connectivity index (χ2v) is 5.42. The van der Waals surface area contributed by atoms with Gasteiger partial charge in [-0.05, 0) is 37.0 Å². The Labute approximate surface area is 130 Å². The number of hydrogen-bond donors (Lipinski definition) is 3. The molecule has 1 aliphatic carbocycles. The number of hydrogen-bond acceptors (Lipinski definition) is 2. The zero-order chi connectivity index (χ0) is 15.8. The van der Waals surface area contributed by atoms with Crippen LogP contribution in [0.1, 0.15) is 31.2 Å². The van der Waals surface area contributed by atoms with Crippen LogP contribution in [-0.2, 0) is 11.3 Å². The zero-order valence-corrected chi connectivity index (χ0v) is 12.9. The number of nitrogens with one attached hydrogen (secondary N) is 3. The summed E-state index contributed by atoms with van der Waals surface area (Å²) in [5, 5.41) is 9.28. The maximum atomic E-state index is 12.8. The zero-order valence-electron chi connectivity index (χ0n) is 12.9. The number of carbonyl (C=O) groups is 1. The number of nitrogens with zero attached hydrogens (tertiary/aromatic N) is 1. The van der Waals surface area contributed by atoms with Crippen molar-refractivity contribution in [2.45, 2.75) is 38.3 Å². The lowest BCUT2D eigenvalue weighted by molar-refractivity contribution is -0.121. The minimum atomic E-state index is -0.240. The third kappa shape index (κ3) is 6.11. The van der Waals surface area contributed by atoms with Gasteiger partial charge in [0.2, 0.25) is 5.91 Å². The Kier molecular flexibility index (Phi) is 6.18. The number of amides is 1. The molecule has 1 amide bonds. The summed E-state index contributed by atoms with van der Waals surface area (Å²) in [4.78, 5) is 15.6. The Balaban J connectivity index is 1.60. The lowest BCUT2D eigenvalue weighted by Gasteiger charge is -2.12. The predicted octanol–water partition coefficient (Wildman–Crippen LogP) is 1.55. The molecule has 6 heteroatoms. The van der Waals surface area contributed by atoms with Crippen LogP contribution in [0.5, 0.6) is 0 Å². The van der Waals surface area contributed by atoms with Gasteiger partial charge in [0.05, 0.1) is 0 Å². The fraction of sp³-hybridized carbons (Fsp3) is 0.500. The highest BCUT2D eigenvalue weighted by Gasteiger charge is 2.22. The SMILES string of the molecule is CN=C(NCCCC(=O)NC1CC1)NCc1ccc(F)cc1. The molecule has 0 atom stereocenters. The summed E-state index contributed by atoms with van der Waals surface area (Å²) in [5.41, 5.74) is 0.980. The lowest BCUT2D eigenvalue weighted by Crippen LogP contribution is -2.37. The first-order valence-electron chi connectivity index (χ1n) is 7.65. The second kappa shape index (κ2) is 8.36. The fourth-order valence-corrected chi connectivity index (χ4v) is 1.99. The van der Waals surface area contributed by atoms with Crippen molar-refractivity contribution in [3.63, 3.8) is 0 Å². The highest BCUT2D eigenvalue weighted by Crippen LogP contribution is 2.18. The lowest BCUT2D eigenvalue weighted by atomic mass is 10.2. The molecule has 1 aromatic rings. The molecule has 1 fully saturated rings. The molecule has 3 N–H and O–H groups in total. The third-order valence-corrected chi connectivity index (χ3v) is 3.41. The van der Waals surface area contributed by atoms with Crippen molar-refractivity contribution in [1.82, 2.24) is 16.0 Å². The predicted molar refractivity (Wildman–Crippen MR) is 85.0 cm³/mol. The maximum absolute atomic E-state index is 12.8. The van der Waals surface area contributed by atoms with E-state index in [0.29, 0.717) is 31.5 Å². The van der Waals surface area contributed by atoms with Crippen molar-refractivity contribution in [3.05, 3.63) is 35.6 Å². The Hall–Kier alpha value is -2.11. The van der Waals surface area contributed by atoms with E-state index < -0.39 is 0 Å². The van der Waals surface area contributed by atoms with Crippen LogP contribution in [0.25, 0.3) is 0 Å². The van der Waals surface area contributed by atoms with Crippen molar-refractivity contribution in [2.75, 3.05) is 13.6 Å². The molecule has 2 rings (SSSR count). The maximum Gasteiger partial charge on any atom is 0.220 e. The first-order chi connectivity index (χ1) is 10.7. The van der Waals surface area contributed by atoms with E-state index in [2.05, 4.69) is 20.9 Å². The van der Waals surface area contributed by atoms with Gasteiger partial charge in [-0.3, -0.25) is 9.79 Å². The Morgan fingerprint density at radius 1 is 1.27 bits per heavy atom. The van der Waals surface area contributed by atoms with Crippen LogP contribution in [0.2, 0.25) is 0 Å². The van der Waals surface area contributed by atoms with Gasteiger partial charge in [0.1, 0.15) is 5.82 Å². The average Bonchev–Trinajstić information content (AvgIpc) is 3.32. The van der Waals surface area contributed by atoms with Gasteiger partial charge < -0.3 is 16.0 Å². The van der Waals surface area contributed by atoms with E-state index in [1.165, 1.54) is 12.1 Å². The van der Waals surface area contributed by atoms with Crippen LogP contribution in [0.4, 0.5) is 4.39 Å². The van der Waals surface area contributed by atoms with E-state index in [0.717, 1.165) is 24.8 Å². The largest absolute Gasteiger partial charge is 0.356 e. The first kappa shape index (κ1) is 16.3. The van der Waals surface area contributed by atoms with E-state index >= 15 is 0 Å². The summed E-state index contributed by atoms with van der Waals surface area (Å²) in [6, 6.07) is 6.76. The molecule has 0 aromatic heterocycles. The van der Waals surface area contributed by atoms with Crippen molar-refractivity contribution >= 4 is 11.9 Å². The number of rotatable bonds is 7. The topological polar surface area (TPSA) is 65.5 Å². The van der Waals surface area contributed by atoms with Gasteiger partial charge in [-0.1, -0.05) is 12.1 Å². The summed E-state index contributed by atoms with van der Waals surface area (Å²) in [7, 11) is 1.69. The summed E-state index contributed by atoms with van der Waals surface area (Å²) in [6.07, 6.45) is 3.52. The molecule has 22 heavy (non-hydrogen) atoms. The number of guanidine groups is 1. The fourth-order valence-electron chi connectivity index (χ4n) is 1.99. The smallest absolute Gasteiger partial charge is 0.220 e. The molecule has 1 saturated carbocycles. The quantitative estimate of drug-likeness (QED) is 0.407. The van der Waals surface area contributed by atoms with Crippen LogP contribution in [-0.4, -0.2) is 31.5 Å². The van der Waals surface area contributed by atoms with E-state index in [-0.39, 0.29) is 11.7 Å². The molecule has 0 radical (unpaired) electrons. The van der Waals surface area contributed by atoms with Gasteiger partial charge in [0, 0.05) is 32.6 Å². The average molecular weight is 306 g/mol. The molecule has 0 spiro atoms. The van der Waals surface area contributed by atoms with Gasteiger partial charge in [-0.15, -0.1) is 0 Å². The van der Waals surface area contributed by atoms with E-state index in [9.17, 15) is 9.18 Å². The van der Waals surface area contributed by atoms with Crippen molar-refractivity contribution in [2.24, 2.45) is 4.99 Å². The standard InChI is InChI=1S/C16H23FN4O/c1-18-16(20-11-12-4-6-13(17)7-5-12)19-10-2-3-15(22)21-14-8-9-14/h4-7,14H,2-3,8-11H2,1H3,(H,21,22)(H2,18,19,20). The highest BCUT2D eigenvalue weighted by molar-refractivity contribution is 5.80. The van der Waals surface area contributed by atoms with E-state index in [1.54, 1.807) is 19.2 Å². The van der Waals surface area contributed by atoms with Gasteiger partial charge in [0.15, 0.2) is 5.96 Å². The van der Waals surface area contributed by atoms with Crippen LogP contribution < -0.4 is 16.0 Å². The normalized spacial score (nSPS) is 14.5. The number of halogens is 1. The molecule has 120 valence electrons. The Morgan fingerprint density at radius 3 is 2.64 bits per heavy atom. The molecule has 0 heterocycles. The summed E-state index contributed by atoms with van der Waals surface area (Å²) in [5.74, 6) is 0.557. The van der Waals surface area contributed by atoms with Crippen molar-refractivity contribution in [1.29, 1.82) is 0 Å². The Bertz CT molecular complexity index is 511. The summed E-state index contributed by atoms with van der Waals surface area (Å²) in [6.45, 7) is 1.25. The minimum Gasteiger partial charge on any atom is -0.356 e. The van der Waals surface area contributed by atoms with Crippen LogP contribution >= 0.6 is 0 Å². The molecular weight excluding hydrogens is 283 g/mol. The number of carbonyl (C=O) groups excluding carboxylic acids is 1. The van der Waals surface area contributed by atoms with Crippen molar-refractivity contribution in [3.8, 4) is 0 Å². The van der Waals surface area contributed by atoms with Gasteiger partial charge in [-0.25, -0.2) is 4.39 Å². The minimum absolute atomic E-state index is 0.124. The molecule has 1 aliphatic rings. The second-order valence-electron chi connectivity index (χ2n) is 5.42. The number of benzene rings is 1. The summed E-state index contributed by atoms with van der Waals surface area (Å²) < 4.78 is 12.8. The van der Waals surface area contributed by atoms with Gasteiger partial charge in [0.25, 0.3) is 0 Å². The monoisotopic (exact) mass is 306 g/mol. The van der Waals surface area contributed by atoms with Crippen LogP contribution in [0.15, 0.2) is 29.3 Å². The molecule has 1 aromatic carbocycles. The third-order valence-electron chi connectivity index (χ3n) is 3.41. The molecule has 0 saturated heterocycles. The molecule has 5 nitrogen and oxygen atoms in total. The molecule has 0 bridgehead atoms. The molecule has 0 aliphatic heterocycles. The molecular formula is C16H23FN4O. The van der Waals surface area contributed by atoms with Gasteiger partial charge in [-0.2, -0.15) is 0 Å². The molecule has 0 unspecified atom stereocenters. The van der Waals surface area contributed by atoms with Crippen LogP contribution in [0.3, 0.4) is 0 Å². The van der Waals surface area contributed by atoms with E-state index in [1.807, 2.05) is 0 Å². The van der Waals surface area contributed by atoms with Gasteiger partial charge >= 0.3 is 0 Å². The summed E-state index contributed by atoms with van der Waals surface area (Å²) >= 11 is 0. The highest BCUT2D eigenvalue weighted by atomic mass is 19.1. The van der Waals surface area contributed by atoms with Crippen molar-refractivity contribution < 1.29 is 9.18 Å².